The van der Waals surface area contributed by atoms with Crippen LogP contribution in [0.25, 0.3) is 0 Å². The van der Waals surface area contributed by atoms with E-state index < -0.39 is 0 Å². The number of ether oxygens (including phenoxy) is 3. The van der Waals surface area contributed by atoms with E-state index in [-0.39, 0.29) is 18.3 Å². The van der Waals surface area contributed by atoms with E-state index in [1.165, 1.54) is 0 Å². The topological polar surface area (TPSA) is 69.9 Å². The van der Waals surface area contributed by atoms with Gasteiger partial charge in [0.15, 0.2) is 17.3 Å². The second kappa shape index (κ2) is 10.1. The fourth-order valence-corrected chi connectivity index (χ4v) is 3.24. The summed E-state index contributed by atoms with van der Waals surface area (Å²) in [6.07, 6.45) is 0.647. The number of halogens is 1. The van der Waals surface area contributed by atoms with Gasteiger partial charge in [-0.05, 0) is 54.8 Å². The first-order valence-electron chi connectivity index (χ1n) is 9.47. The lowest BCUT2D eigenvalue weighted by Gasteiger charge is -2.10. The smallest absolute Gasteiger partial charge is 0.287 e. The first-order chi connectivity index (χ1) is 14.5. The van der Waals surface area contributed by atoms with Crippen LogP contribution >= 0.6 is 11.6 Å². The Bertz CT molecular complexity index is 994. The van der Waals surface area contributed by atoms with Gasteiger partial charge in [0.05, 0.1) is 19.2 Å². The summed E-state index contributed by atoms with van der Waals surface area (Å²) in [6, 6.07) is 14.6. The molecule has 0 bridgehead atoms. The summed E-state index contributed by atoms with van der Waals surface area (Å²) in [6.45, 7) is 2.56. The highest BCUT2D eigenvalue weighted by atomic mass is 35.5. The molecular weight excluding hydrogens is 406 g/mol. The van der Waals surface area contributed by atoms with Crippen molar-refractivity contribution >= 4 is 17.5 Å². The second-order valence-electron chi connectivity index (χ2n) is 6.64. The minimum Gasteiger partial charge on any atom is -0.493 e. The van der Waals surface area contributed by atoms with Crippen molar-refractivity contribution in [2.75, 3.05) is 20.8 Å². The van der Waals surface area contributed by atoms with Crippen molar-refractivity contribution in [2.24, 2.45) is 0 Å². The molecule has 7 heteroatoms. The lowest BCUT2D eigenvalue weighted by molar-refractivity contribution is 0.0922. The maximum Gasteiger partial charge on any atom is 0.287 e. The summed E-state index contributed by atoms with van der Waals surface area (Å²) < 4.78 is 21.9. The molecule has 0 spiro atoms. The van der Waals surface area contributed by atoms with Crippen LogP contribution in [0.3, 0.4) is 0 Å². The maximum atomic E-state index is 12.3. The predicted octanol–water partition coefficient (Wildman–Crippen LogP) is 4.81. The third-order valence-corrected chi connectivity index (χ3v) is 4.85. The number of hydrogen-bond donors (Lipinski definition) is 1. The van der Waals surface area contributed by atoms with Crippen molar-refractivity contribution in [1.82, 2.24) is 5.32 Å². The molecule has 0 radical (unpaired) electrons. The molecule has 1 amide bonds. The lowest BCUT2D eigenvalue weighted by atomic mass is 10.1. The zero-order chi connectivity index (χ0) is 21.5. The van der Waals surface area contributed by atoms with Gasteiger partial charge in [0, 0.05) is 6.54 Å². The van der Waals surface area contributed by atoms with Crippen molar-refractivity contribution < 1.29 is 23.4 Å². The first kappa shape index (κ1) is 21.6. The van der Waals surface area contributed by atoms with Crippen LogP contribution in [0.1, 0.15) is 27.4 Å². The molecule has 0 unspecified atom stereocenters. The molecule has 3 aromatic rings. The van der Waals surface area contributed by atoms with Crippen LogP contribution in [-0.4, -0.2) is 26.7 Å². The van der Waals surface area contributed by atoms with Gasteiger partial charge in [-0.3, -0.25) is 4.79 Å². The number of hydrogen-bond acceptors (Lipinski definition) is 5. The summed E-state index contributed by atoms with van der Waals surface area (Å²) >= 11 is 6.16. The fraction of sp³-hybridized carbons (Fsp3) is 0.261. The molecule has 1 N–H and O–H groups in total. The number of methoxy groups -OCH3 is 2. The normalized spacial score (nSPS) is 10.5. The van der Waals surface area contributed by atoms with Crippen molar-refractivity contribution in [3.63, 3.8) is 0 Å². The summed E-state index contributed by atoms with van der Waals surface area (Å²) in [4.78, 5) is 12.3. The standard InChI is InChI=1S/C23H24ClNO5/c1-15-5-4-6-18(24)22(15)29-14-17-8-10-20(30-17)23(26)25-12-11-16-7-9-19(27-2)21(13-16)28-3/h4-10,13H,11-12,14H2,1-3H3,(H,25,26). The number of para-hydroxylation sites is 1. The third kappa shape index (κ3) is 5.27. The van der Waals surface area contributed by atoms with E-state index in [0.29, 0.717) is 41.0 Å². The van der Waals surface area contributed by atoms with E-state index in [1.54, 1.807) is 32.4 Å². The number of aryl methyl sites for hydroxylation is 1. The highest BCUT2D eigenvalue weighted by molar-refractivity contribution is 6.32. The van der Waals surface area contributed by atoms with Gasteiger partial charge >= 0.3 is 0 Å². The van der Waals surface area contributed by atoms with Gasteiger partial charge < -0.3 is 23.9 Å². The molecule has 30 heavy (non-hydrogen) atoms. The molecule has 0 fully saturated rings. The second-order valence-corrected chi connectivity index (χ2v) is 7.04. The van der Waals surface area contributed by atoms with Crippen LogP contribution in [0.4, 0.5) is 0 Å². The molecule has 0 saturated carbocycles. The summed E-state index contributed by atoms with van der Waals surface area (Å²) in [5, 5.41) is 3.39. The highest BCUT2D eigenvalue weighted by Crippen LogP contribution is 2.29. The van der Waals surface area contributed by atoms with E-state index in [0.717, 1.165) is 11.1 Å². The molecule has 2 aromatic carbocycles. The molecule has 0 saturated heterocycles. The quantitative estimate of drug-likeness (QED) is 0.528. The fourth-order valence-electron chi connectivity index (χ4n) is 2.96. The Morgan fingerprint density at radius 3 is 2.60 bits per heavy atom. The Hall–Kier alpha value is -3.12. The zero-order valence-electron chi connectivity index (χ0n) is 17.2. The van der Waals surface area contributed by atoms with E-state index in [1.807, 2.05) is 37.3 Å². The molecule has 6 nitrogen and oxygen atoms in total. The highest BCUT2D eigenvalue weighted by Gasteiger charge is 2.13. The van der Waals surface area contributed by atoms with E-state index in [2.05, 4.69) is 5.32 Å². The molecule has 3 rings (SSSR count). The Labute approximate surface area is 180 Å². The first-order valence-corrected chi connectivity index (χ1v) is 9.85. The number of carbonyl (C=O) groups excluding carboxylic acids is 1. The van der Waals surface area contributed by atoms with Crippen LogP contribution < -0.4 is 19.5 Å². The Morgan fingerprint density at radius 1 is 1.07 bits per heavy atom. The largest absolute Gasteiger partial charge is 0.493 e. The number of furan rings is 1. The Kier molecular flexibility index (Phi) is 7.25. The average molecular weight is 430 g/mol. The number of carbonyl (C=O) groups is 1. The van der Waals surface area contributed by atoms with Crippen LogP contribution in [0.15, 0.2) is 52.9 Å². The monoisotopic (exact) mass is 429 g/mol. The molecule has 1 heterocycles. The van der Waals surface area contributed by atoms with Crippen molar-refractivity contribution in [3.8, 4) is 17.2 Å². The van der Waals surface area contributed by atoms with Gasteiger partial charge in [-0.2, -0.15) is 0 Å². The molecular formula is C23H24ClNO5. The zero-order valence-corrected chi connectivity index (χ0v) is 17.9. The molecule has 0 aliphatic rings. The maximum absolute atomic E-state index is 12.3. The van der Waals surface area contributed by atoms with Crippen molar-refractivity contribution in [2.45, 2.75) is 20.0 Å². The van der Waals surface area contributed by atoms with Gasteiger partial charge in [0.1, 0.15) is 18.1 Å². The lowest BCUT2D eigenvalue weighted by Crippen LogP contribution is -2.25. The van der Waals surface area contributed by atoms with E-state index in [9.17, 15) is 4.79 Å². The Balaban J connectivity index is 1.51. The number of rotatable bonds is 9. The average Bonchev–Trinajstić information content (AvgIpc) is 3.22. The minimum absolute atomic E-state index is 0.184. The predicted molar refractivity (Wildman–Crippen MR) is 115 cm³/mol. The van der Waals surface area contributed by atoms with Gasteiger partial charge in [0.25, 0.3) is 5.91 Å². The van der Waals surface area contributed by atoms with Gasteiger partial charge in [0.2, 0.25) is 0 Å². The van der Waals surface area contributed by atoms with Crippen LogP contribution in [0.2, 0.25) is 5.02 Å². The SMILES string of the molecule is COc1ccc(CCNC(=O)c2ccc(COc3c(C)cccc3Cl)o2)cc1OC. The molecule has 0 aliphatic carbocycles. The molecule has 158 valence electrons. The molecule has 1 aromatic heterocycles. The van der Waals surface area contributed by atoms with E-state index >= 15 is 0 Å². The van der Waals surface area contributed by atoms with Crippen LogP contribution in [0.5, 0.6) is 17.2 Å². The van der Waals surface area contributed by atoms with Gasteiger partial charge in [-0.15, -0.1) is 0 Å². The van der Waals surface area contributed by atoms with Crippen molar-refractivity contribution in [1.29, 1.82) is 0 Å². The summed E-state index contributed by atoms with van der Waals surface area (Å²) in [5.74, 6) is 2.43. The number of benzene rings is 2. The minimum atomic E-state index is -0.282. The Morgan fingerprint density at radius 2 is 1.87 bits per heavy atom. The summed E-state index contributed by atoms with van der Waals surface area (Å²) in [7, 11) is 3.19. The van der Waals surface area contributed by atoms with Gasteiger partial charge in [-0.1, -0.05) is 29.8 Å². The molecule has 0 aliphatic heterocycles. The van der Waals surface area contributed by atoms with Crippen LogP contribution in [-0.2, 0) is 13.0 Å². The molecule has 0 atom stereocenters. The third-order valence-electron chi connectivity index (χ3n) is 4.56. The van der Waals surface area contributed by atoms with Crippen LogP contribution in [0, 0.1) is 6.92 Å². The van der Waals surface area contributed by atoms with E-state index in [4.69, 9.17) is 30.2 Å². The van der Waals surface area contributed by atoms with Crippen molar-refractivity contribution in [3.05, 3.63) is 76.2 Å². The summed E-state index contributed by atoms with van der Waals surface area (Å²) in [5.41, 5.74) is 1.96. The number of amides is 1. The number of nitrogens with one attached hydrogen (secondary N) is 1. The van der Waals surface area contributed by atoms with Gasteiger partial charge in [-0.25, -0.2) is 0 Å².